The molecule has 6 heteroatoms. The van der Waals surface area contributed by atoms with E-state index in [1.807, 2.05) is 0 Å². The van der Waals surface area contributed by atoms with Crippen LogP contribution in [0, 0.1) is 5.92 Å². The molecule has 0 saturated heterocycles. The highest BCUT2D eigenvalue weighted by atomic mass is 16.5. The van der Waals surface area contributed by atoms with Crippen molar-refractivity contribution in [3.8, 4) is 0 Å². The van der Waals surface area contributed by atoms with Gasteiger partial charge in [0.15, 0.2) is 0 Å². The summed E-state index contributed by atoms with van der Waals surface area (Å²) >= 11 is 0. The second-order valence-corrected chi connectivity index (χ2v) is 3.54. The number of carbonyl (C=O) groups excluding carboxylic acids is 1. The molecule has 0 bridgehead atoms. The zero-order valence-electron chi connectivity index (χ0n) is 7.64. The highest BCUT2D eigenvalue weighted by molar-refractivity contribution is 5.88. The van der Waals surface area contributed by atoms with Gasteiger partial charge in [0.25, 0.3) is 11.7 Å². The third-order valence-electron chi connectivity index (χ3n) is 2.60. The number of rotatable bonds is 3. The lowest BCUT2D eigenvalue weighted by Gasteiger charge is -2.28. The van der Waals surface area contributed by atoms with E-state index in [2.05, 4.69) is 10.1 Å². The smallest absolute Gasteiger partial charge is 0.290 e. The number of carbonyl (C=O) groups is 1. The third-order valence-corrected chi connectivity index (χ3v) is 2.60. The van der Waals surface area contributed by atoms with E-state index in [4.69, 9.17) is 16.0 Å². The predicted octanol–water partition coefficient (Wildman–Crippen LogP) is -0.0316. The lowest BCUT2D eigenvalue weighted by Crippen LogP contribution is -2.27. The first-order chi connectivity index (χ1) is 6.68. The number of primary amides is 1. The third kappa shape index (κ3) is 1.48. The van der Waals surface area contributed by atoms with Crippen molar-refractivity contribution in [3.05, 3.63) is 11.7 Å². The number of aromatic nitrogens is 2. The van der Waals surface area contributed by atoms with Gasteiger partial charge in [0.05, 0.1) is 6.04 Å². The van der Waals surface area contributed by atoms with E-state index < -0.39 is 5.91 Å². The van der Waals surface area contributed by atoms with Gasteiger partial charge in [-0.2, -0.15) is 4.98 Å². The zero-order chi connectivity index (χ0) is 10.1. The van der Waals surface area contributed by atoms with Gasteiger partial charge in [-0.05, 0) is 18.8 Å². The van der Waals surface area contributed by atoms with Gasteiger partial charge >= 0.3 is 0 Å². The van der Waals surface area contributed by atoms with Crippen LogP contribution < -0.4 is 11.5 Å². The first-order valence-electron chi connectivity index (χ1n) is 4.57. The van der Waals surface area contributed by atoms with Crippen LogP contribution in [0.1, 0.15) is 41.8 Å². The van der Waals surface area contributed by atoms with Crippen LogP contribution in [0.3, 0.4) is 0 Å². The van der Waals surface area contributed by atoms with Gasteiger partial charge in [-0.15, -0.1) is 0 Å². The molecule has 6 nitrogen and oxygen atoms in total. The molecule has 1 atom stereocenters. The van der Waals surface area contributed by atoms with E-state index >= 15 is 0 Å². The van der Waals surface area contributed by atoms with Crippen LogP contribution >= 0.6 is 0 Å². The molecule has 76 valence electrons. The van der Waals surface area contributed by atoms with Crippen LogP contribution in [-0.4, -0.2) is 16.0 Å². The second kappa shape index (κ2) is 3.38. The molecule has 14 heavy (non-hydrogen) atoms. The van der Waals surface area contributed by atoms with Crippen molar-refractivity contribution >= 4 is 5.91 Å². The maximum absolute atomic E-state index is 10.7. The van der Waals surface area contributed by atoms with Crippen molar-refractivity contribution in [1.29, 1.82) is 0 Å². The molecule has 0 radical (unpaired) electrons. The normalized spacial score (nSPS) is 18.9. The van der Waals surface area contributed by atoms with Crippen LogP contribution in [-0.2, 0) is 0 Å². The second-order valence-electron chi connectivity index (χ2n) is 3.54. The van der Waals surface area contributed by atoms with E-state index in [1.54, 1.807) is 0 Å². The van der Waals surface area contributed by atoms with Gasteiger partial charge in [0.2, 0.25) is 5.89 Å². The Bertz CT molecular complexity index is 345. The SMILES string of the molecule is NC(=O)c1noc(C(N)C2CCC2)n1. The summed E-state index contributed by atoms with van der Waals surface area (Å²) in [5, 5.41) is 3.44. The first-order valence-corrected chi connectivity index (χ1v) is 4.57. The summed E-state index contributed by atoms with van der Waals surface area (Å²) in [6.45, 7) is 0. The van der Waals surface area contributed by atoms with Crippen molar-refractivity contribution < 1.29 is 9.32 Å². The van der Waals surface area contributed by atoms with E-state index in [-0.39, 0.29) is 11.9 Å². The summed E-state index contributed by atoms with van der Waals surface area (Å²) in [5.74, 6) is -0.0877. The van der Waals surface area contributed by atoms with E-state index in [0.29, 0.717) is 11.8 Å². The number of hydrogen-bond donors (Lipinski definition) is 2. The molecule has 1 amide bonds. The molecule has 4 N–H and O–H groups in total. The highest BCUT2D eigenvalue weighted by Gasteiger charge is 2.29. The quantitative estimate of drug-likeness (QED) is 0.705. The molecule has 0 aliphatic heterocycles. The largest absolute Gasteiger partial charge is 0.363 e. The van der Waals surface area contributed by atoms with Crippen molar-refractivity contribution in [2.75, 3.05) is 0 Å². The first kappa shape index (κ1) is 9.14. The Morgan fingerprint density at radius 1 is 1.57 bits per heavy atom. The Kier molecular flexibility index (Phi) is 2.20. The molecule has 1 heterocycles. The van der Waals surface area contributed by atoms with Gasteiger partial charge in [-0.25, -0.2) is 0 Å². The summed E-state index contributed by atoms with van der Waals surface area (Å²) < 4.78 is 4.86. The Labute approximate surface area is 80.6 Å². The summed E-state index contributed by atoms with van der Waals surface area (Å²) in [6.07, 6.45) is 3.35. The molecule has 1 aliphatic carbocycles. The molecule has 1 fully saturated rings. The maximum atomic E-state index is 10.7. The molecule has 0 spiro atoms. The molecule has 1 unspecified atom stereocenters. The summed E-state index contributed by atoms with van der Waals surface area (Å²) in [4.78, 5) is 14.5. The lowest BCUT2D eigenvalue weighted by molar-refractivity contribution is 0.0987. The van der Waals surface area contributed by atoms with Crippen molar-refractivity contribution in [2.45, 2.75) is 25.3 Å². The molecular weight excluding hydrogens is 184 g/mol. The Morgan fingerprint density at radius 3 is 2.71 bits per heavy atom. The minimum Gasteiger partial charge on any atom is -0.363 e. The van der Waals surface area contributed by atoms with Crippen LogP contribution in [0.2, 0.25) is 0 Å². The van der Waals surface area contributed by atoms with Crippen LogP contribution in [0.25, 0.3) is 0 Å². The van der Waals surface area contributed by atoms with E-state index in [9.17, 15) is 4.79 Å². The average molecular weight is 196 g/mol. The molecular formula is C8H12N4O2. The minimum absolute atomic E-state index is 0.102. The molecule has 0 aromatic carbocycles. The fourth-order valence-electron chi connectivity index (χ4n) is 1.47. The van der Waals surface area contributed by atoms with Crippen LogP contribution in [0.5, 0.6) is 0 Å². The van der Waals surface area contributed by atoms with Gasteiger partial charge in [0.1, 0.15) is 0 Å². The molecule has 1 aromatic heterocycles. The number of amides is 1. The molecule has 2 rings (SSSR count). The molecule has 1 aromatic rings. The summed E-state index contributed by atoms with van der Waals surface area (Å²) in [7, 11) is 0. The number of hydrogen-bond acceptors (Lipinski definition) is 5. The van der Waals surface area contributed by atoms with Crippen LogP contribution in [0.4, 0.5) is 0 Å². The number of nitrogens with zero attached hydrogens (tertiary/aromatic N) is 2. The van der Waals surface area contributed by atoms with Crippen molar-refractivity contribution in [1.82, 2.24) is 10.1 Å². The monoisotopic (exact) mass is 196 g/mol. The standard InChI is InChI=1S/C8H12N4O2/c9-5(4-2-1-3-4)8-11-7(6(10)13)12-14-8/h4-5H,1-3,9H2,(H2,10,13). The number of nitrogens with two attached hydrogens (primary N) is 2. The Hall–Kier alpha value is -1.43. The predicted molar refractivity (Wildman–Crippen MR) is 47.1 cm³/mol. The highest BCUT2D eigenvalue weighted by Crippen LogP contribution is 2.35. The van der Waals surface area contributed by atoms with Crippen LogP contribution in [0.15, 0.2) is 4.52 Å². The Morgan fingerprint density at radius 2 is 2.29 bits per heavy atom. The average Bonchev–Trinajstić information content (AvgIpc) is 2.48. The van der Waals surface area contributed by atoms with E-state index in [0.717, 1.165) is 12.8 Å². The maximum Gasteiger partial charge on any atom is 0.290 e. The van der Waals surface area contributed by atoms with Crippen molar-refractivity contribution in [2.24, 2.45) is 17.4 Å². The summed E-state index contributed by atoms with van der Waals surface area (Å²) in [6, 6.07) is -0.260. The topological polar surface area (TPSA) is 108 Å². The minimum atomic E-state index is -0.694. The van der Waals surface area contributed by atoms with Gasteiger partial charge in [-0.3, -0.25) is 4.79 Å². The molecule has 1 saturated carbocycles. The van der Waals surface area contributed by atoms with Gasteiger partial charge < -0.3 is 16.0 Å². The van der Waals surface area contributed by atoms with Gasteiger partial charge in [-0.1, -0.05) is 11.6 Å². The van der Waals surface area contributed by atoms with Crippen molar-refractivity contribution in [3.63, 3.8) is 0 Å². The lowest BCUT2D eigenvalue weighted by atomic mass is 9.80. The zero-order valence-corrected chi connectivity index (χ0v) is 7.64. The molecule has 1 aliphatic rings. The fourth-order valence-corrected chi connectivity index (χ4v) is 1.47. The van der Waals surface area contributed by atoms with Gasteiger partial charge in [0, 0.05) is 0 Å². The summed E-state index contributed by atoms with van der Waals surface area (Å²) in [5.41, 5.74) is 10.9. The Balaban J connectivity index is 2.11. The fraction of sp³-hybridized carbons (Fsp3) is 0.625. The van der Waals surface area contributed by atoms with E-state index in [1.165, 1.54) is 6.42 Å².